The minimum absolute atomic E-state index is 0.569. The van der Waals surface area contributed by atoms with E-state index in [0.29, 0.717) is 18.9 Å². The van der Waals surface area contributed by atoms with E-state index in [-0.39, 0.29) is 0 Å². The lowest BCUT2D eigenvalue weighted by Gasteiger charge is -2.06. The number of hydrogen-bond donors (Lipinski definition) is 1. The summed E-state index contributed by atoms with van der Waals surface area (Å²) < 4.78 is 0. The van der Waals surface area contributed by atoms with E-state index < -0.39 is 0 Å². The lowest BCUT2D eigenvalue weighted by atomic mass is 10.2. The Labute approximate surface area is 90.5 Å². The predicted molar refractivity (Wildman–Crippen MR) is 60.5 cm³/mol. The topological polar surface area (TPSA) is 50.7 Å². The Morgan fingerprint density at radius 2 is 1.93 bits per heavy atom. The van der Waals surface area contributed by atoms with Crippen molar-refractivity contribution in [2.24, 2.45) is 0 Å². The molecule has 0 atom stereocenters. The zero-order valence-electron chi connectivity index (χ0n) is 9.25. The average molecular weight is 204 g/mol. The molecule has 4 heteroatoms. The molecule has 0 aliphatic rings. The van der Waals surface area contributed by atoms with Crippen LogP contribution in [0.4, 0.5) is 5.95 Å². The van der Waals surface area contributed by atoms with Gasteiger partial charge in [0.25, 0.3) is 0 Å². The summed E-state index contributed by atoms with van der Waals surface area (Å²) in [6.07, 6.45) is 7.56. The largest absolute Gasteiger partial charge is 0.352 e. The SMILES string of the molecule is C#CCCNc1nnc(CC)c(CC)n1. The van der Waals surface area contributed by atoms with Crippen molar-refractivity contribution in [3.8, 4) is 12.3 Å². The van der Waals surface area contributed by atoms with Crippen molar-refractivity contribution in [2.75, 3.05) is 11.9 Å². The van der Waals surface area contributed by atoms with Crippen molar-refractivity contribution >= 4 is 5.95 Å². The number of nitrogens with one attached hydrogen (secondary N) is 1. The molecule has 1 rings (SSSR count). The molecule has 0 aliphatic carbocycles. The van der Waals surface area contributed by atoms with Crippen LogP contribution in [0.5, 0.6) is 0 Å². The van der Waals surface area contributed by atoms with E-state index in [1.54, 1.807) is 0 Å². The number of rotatable bonds is 5. The van der Waals surface area contributed by atoms with Crippen LogP contribution in [0.1, 0.15) is 31.7 Å². The number of hydrogen-bond acceptors (Lipinski definition) is 4. The van der Waals surface area contributed by atoms with Gasteiger partial charge in [-0.15, -0.1) is 17.4 Å². The molecule has 0 saturated heterocycles. The van der Waals surface area contributed by atoms with Crippen molar-refractivity contribution in [2.45, 2.75) is 33.1 Å². The Kier molecular flexibility index (Phi) is 4.55. The van der Waals surface area contributed by atoms with Crippen molar-refractivity contribution in [1.82, 2.24) is 15.2 Å². The second kappa shape index (κ2) is 5.97. The van der Waals surface area contributed by atoms with Gasteiger partial charge in [-0.3, -0.25) is 0 Å². The maximum atomic E-state index is 5.15. The zero-order valence-corrected chi connectivity index (χ0v) is 9.25. The van der Waals surface area contributed by atoms with Crippen LogP contribution in [0.25, 0.3) is 0 Å². The molecular formula is C11H16N4. The Bertz CT molecular complexity index is 354. The molecule has 0 saturated carbocycles. The molecule has 80 valence electrons. The molecule has 15 heavy (non-hydrogen) atoms. The fourth-order valence-electron chi connectivity index (χ4n) is 1.26. The first kappa shape index (κ1) is 11.4. The second-order valence-electron chi connectivity index (χ2n) is 3.12. The van der Waals surface area contributed by atoms with E-state index in [1.807, 2.05) is 0 Å². The first-order chi connectivity index (χ1) is 7.31. The molecule has 0 radical (unpaired) electrons. The molecule has 0 spiro atoms. The van der Waals surface area contributed by atoms with E-state index >= 15 is 0 Å². The molecule has 1 aromatic heterocycles. The van der Waals surface area contributed by atoms with Gasteiger partial charge in [0.2, 0.25) is 5.95 Å². The van der Waals surface area contributed by atoms with Gasteiger partial charge in [-0.05, 0) is 12.8 Å². The molecule has 4 nitrogen and oxygen atoms in total. The monoisotopic (exact) mass is 204 g/mol. The third kappa shape index (κ3) is 3.21. The summed E-state index contributed by atoms with van der Waals surface area (Å²) >= 11 is 0. The predicted octanol–water partition coefficient (Wildman–Crippen LogP) is 1.43. The van der Waals surface area contributed by atoms with Gasteiger partial charge in [-0.1, -0.05) is 13.8 Å². The molecule has 1 aromatic rings. The first-order valence-electron chi connectivity index (χ1n) is 5.21. The Balaban J connectivity index is 2.71. The second-order valence-corrected chi connectivity index (χ2v) is 3.12. The Hall–Kier alpha value is -1.63. The molecule has 0 unspecified atom stereocenters. The summed E-state index contributed by atoms with van der Waals surface area (Å²) in [6, 6.07) is 0. The van der Waals surface area contributed by atoms with Gasteiger partial charge in [0.15, 0.2) is 0 Å². The van der Waals surface area contributed by atoms with E-state index in [4.69, 9.17) is 6.42 Å². The fraction of sp³-hybridized carbons (Fsp3) is 0.545. The van der Waals surface area contributed by atoms with E-state index in [9.17, 15) is 0 Å². The van der Waals surface area contributed by atoms with Crippen LogP contribution in [-0.2, 0) is 12.8 Å². The highest BCUT2D eigenvalue weighted by Gasteiger charge is 2.04. The summed E-state index contributed by atoms with van der Waals surface area (Å²) in [4.78, 5) is 4.38. The Morgan fingerprint density at radius 3 is 2.53 bits per heavy atom. The maximum absolute atomic E-state index is 5.15. The number of nitrogens with zero attached hydrogens (tertiary/aromatic N) is 3. The quantitative estimate of drug-likeness (QED) is 0.582. The molecule has 0 aromatic carbocycles. The summed E-state index contributed by atoms with van der Waals surface area (Å²) in [5.74, 6) is 3.12. The lowest BCUT2D eigenvalue weighted by molar-refractivity contribution is 0.819. The van der Waals surface area contributed by atoms with Gasteiger partial charge in [-0.2, -0.15) is 5.10 Å². The Morgan fingerprint density at radius 1 is 1.20 bits per heavy atom. The number of terminal acetylenes is 1. The molecule has 0 amide bonds. The van der Waals surface area contributed by atoms with Crippen LogP contribution in [-0.4, -0.2) is 21.7 Å². The van der Waals surface area contributed by atoms with Crippen molar-refractivity contribution < 1.29 is 0 Å². The number of anilines is 1. The van der Waals surface area contributed by atoms with E-state index in [0.717, 1.165) is 24.2 Å². The van der Waals surface area contributed by atoms with Gasteiger partial charge in [0.1, 0.15) is 0 Å². The molecule has 0 bridgehead atoms. The molecule has 1 N–H and O–H groups in total. The minimum Gasteiger partial charge on any atom is -0.352 e. The van der Waals surface area contributed by atoms with Crippen LogP contribution >= 0.6 is 0 Å². The van der Waals surface area contributed by atoms with Gasteiger partial charge in [-0.25, -0.2) is 4.98 Å². The standard InChI is InChI=1S/C11H16N4/c1-4-7-8-12-11-13-9(5-2)10(6-3)14-15-11/h1H,5-8H2,2-3H3,(H,12,13,15). The van der Waals surface area contributed by atoms with E-state index in [2.05, 4.69) is 40.3 Å². The highest BCUT2D eigenvalue weighted by Crippen LogP contribution is 2.06. The van der Waals surface area contributed by atoms with Gasteiger partial charge < -0.3 is 5.32 Å². The average Bonchev–Trinajstić information content (AvgIpc) is 2.29. The lowest BCUT2D eigenvalue weighted by Crippen LogP contribution is -2.10. The molecule has 0 fully saturated rings. The first-order valence-corrected chi connectivity index (χ1v) is 5.21. The van der Waals surface area contributed by atoms with Crippen LogP contribution in [0.3, 0.4) is 0 Å². The normalized spacial score (nSPS) is 9.67. The highest BCUT2D eigenvalue weighted by atomic mass is 15.2. The number of aryl methyl sites for hydroxylation is 2. The molecule has 1 heterocycles. The molecule has 0 aliphatic heterocycles. The third-order valence-corrected chi connectivity index (χ3v) is 2.06. The summed E-state index contributed by atoms with van der Waals surface area (Å²) in [6.45, 7) is 4.80. The number of aromatic nitrogens is 3. The van der Waals surface area contributed by atoms with Crippen LogP contribution in [0.2, 0.25) is 0 Å². The van der Waals surface area contributed by atoms with Gasteiger partial charge >= 0.3 is 0 Å². The van der Waals surface area contributed by atoms with Crippen molar-refractivity contribution in [1.29, 1.82) is 0 Å². The fourth-order valence-corrected chi connectivity index (χ4v) is 1.26. The van der Waals surface area contributed by atoms with Crippen LogP contribution in [0.15, 0.2) is 0 Å². The smallest absolute Gasteiger partial charge is 0.243 e. The van der Waals surface area contributed by atoms with Crippen LogP contribution < -0.4 is 5.32 Å². The zero-order chi connectivity index (χ0) is 11.1. The van der Waals surface area contributed by atoms with Crippen molar-refractivity contribution in [3.63, 3.8) is 0 Å². The molecular weight excluding hydrogens is 188 g/mol. The van der Waals surface area contributed by atoms with E-state index in [1.165, 1.54) is 0 Å². The minimum atomic E-state index is 0.569. The van der Waals surface area contributed by atoms with Crippen molar-refractivity contribution in [3.05, 3.63) is 11.4 Å². The van der Waals surface area contributed by atoms with Gasteiger partial charge in [0.05, 0.1) is 11.4 Å². The summed E-state index contributed by atoms with van der Waals surface area (Å²) in [5.41, 5.74) is 1.98. The highest BCUT2D eigenvalue weighted by molar-refractivity contribution is 5.25. The third-order valence-electron chi connectivity index (χ3n) is 2.06. The van der Waals surface area contributed by atoms with Crippen LogP contribution in [0, 0.1) is 12.3 Å². The summed E-state index contributed by atoms with van der Waals surface area (Å²) in [5, 5.41) is 11.2. The maximum Gasteiger partial charge on any atom is 0.243 e. The van der Waals surface area contributed by atoms with Gasteiger partial charge in [0, 0.05) is 13.0 Å². The summed E-state index contributed by atoms with van der Waals surface area (Å²) in [7, 11) is 0.